The van der Waals surface area contributed by atoms with Crippen molar-refractivity contribution >= 4 is 5.97 Å². The average Bonchev–Trinajstić information content (AvgIpc) is 3.06. The molecule has 0 aromatic carbocycles. The fourth-order valence-electron chi connectivity index (χ4n) is 3.22. The lowest BCUT2D eigenvalue weighted by Gasteiger charge is -2.33. The molecule has 104 valence electrons. The number of hydrogen-bond donors (Lipinski definition) is 0. The van der Waals surface area contributed by atoms with E-state index in [1.807, 2.05) is 0 Å². The van der Waals surface area contributed by atoms with Crippen LogP contribution in [0.3, 0.4) is 0 Å². The minimum atomic E-state index is -0.0845. The zero-order chi connectivity index (χ0) is 13.3. The molecule has 1 unspecified atom stereocenters. The van der Waals surface area contributed by atoms with Crippen LogP contribution in [0.25, 0.3) is 0 Å². The Bertz CT molecular complexity index is 313. The van der Waals surface area contributed by atoms with Crippen molar-refractivity contribution in [1.29, 1.82) is 0 Å². The smallest absolute Gasteiger partial charge is 0.307 e. The summed E-state index contributed by atoms with van der Waals surface area (Å²) in [7, 11) is 3.64. The summed E-state index contributed by atoms with van der Waals surface area (Å²) in [6.45, 7) is 7.78. The van der Waals surface area contributed by atoms with Gasteiger partial charge < -0.3 is 9.64 Å². The third kappa shape index (κ3) is 3.45. The van der Waals surface area contributed by atoms with Gasteiger partial charge in [0, 0.05) is 31.7 Å². The van der Waals surface area contributed by atoms with Crippen molar-refractivity contribution in [3.8, 4) is 0 Å². The van der Waals surface area contributed by atoms with Crippen molar-refractivity contribution in [2.24, 2.45) is 5.41 Å². The first-order chi connectivity index (χ1) is 8.41. The molecule has 1 aliphatic carbocycles. The first-order valence-electron chi connectivity index (χ1n) is 6.92. The fraction of sp³-hybridized carbons (Fsp3) is 0.929. The van der Waals surface area contributed by atoms with Gasteiger partial charge in [0.1, 0.15) is 0 Å². The molecule has 4 heteroatoms. The van der Waals surface area contributed by atoms with Crippen LogP contribution < -0.4 is 0 Å². The Morgan fingerprint density at radius 2 is 2.00 bits per heavy atom. The molecule has 0 aromatic heterocycles. The number of nitrogens with zero attached hydrogens (tertiary/aromatic N) is 2. The first kappa shape index (κ1) is 13.8. The van der Waals surface area contributed by atoms with Crippen molar-refractivity contribution in [2.75, 3.05) is 33.8 Å². The minimum absolute atomic E-state index is 0.0845. The Morgan fingerprint density at radius 3 is 2.56 bits per heavy atom. The molecule has 1 atom stereocenters. The lowest BCUT2D eigenvalue weighted by atomic mass is 9.92. The van der Waals surface area contributed by atoms with E-state index in [-0.39, 0.29) is 5.97 Å². The standard InChI is InChI=1S/C14H26N2O2/c1-14(2)9-15(3)8-12(7-13(17)18-4)16(10-14)11-5-6-11/h11-12H,5-10H2,1-4H3. The van der Waals surface area contributed by atoms with Crippen molar-refractivity contribution in [2.45, 2.75) is 45.2 Å². The summed E-state index contributed by atoms with van der Waals surface area (Å²) < 4.78 is 4.85. The van der Waals surface area contributed by atoms with E-state index in [9.17, 15) is 4.79 Å². The summed E-state index contributed by atoms with van der Waals surface area (Å²) in [4.78, 5) is 16.5. The van der Waals surface area contributed by atoms with Crippen molar-refractivity contribution < 1.29 is 9.53 Å². The van der Waals surface area contributed by atoms with Gasteiger partial charge >= 0.3 is 5.97 Å². The van der Waals surface area contributed by atoms with Gasteiger partial charge in [-0.05, 0) is 25.3 Å². The Hall–Kier alpha value is -0.610. The van der Waals surface area contributed by atoms with Gasteiger partial charge in [-0.1, -0.05) is 13.8 Å². The Morgan fingerprint density at radius 1 is 1.33 bits per heavy atom. The second kappa shape index (κ2) is 5.17. The summed E-state index contributed by atoms with van der Waals surface area (Å²) in [6, 6.07) is 1.02. The SMILES string of the molecule is COC(=O)CC1CN(C)CC(C)(C)CN1C1CC1. The molecular weight excluding hydrogens is 228 g/mol. The highest BCUT2D eigenvalue weighted by molar-refractivity contribution is 5.70. The number of ether oxygens (including phenoxy) is 1. The van der Waals surface area contributed by atoms with Crippen LogP contribution in [0.5, 0.6) is 0 Å². The molecule has 0 aromatic rings. The topological polar surface area (TPSA) is 32.8 Å². The Labute approximate surface area is 110 Å². The number of hydrogen-bond acceptors (Lipinski definition) is 4. The maximum atomic E-state index is 11.6. The van der Waals surface area contributed by atoms with Crippen molar-refractivity contribution in [3.05, 3.63) is 0 Å². The summed E-state index contributed by atoms with van der Waals surface area (Å²) in [5.74, 6) is -0.0845. The molecule has 0 bridgehead atoms. The van der Waals surface area contributed by atoms with Crippen LogP contribution in [0.4, 0.5) is 0 Å². The second-order valence-electron chi connectivity index (χ2n) is 6.70. The van der Waals surface area contributed by atoms with Gasteiger partial charge in [0.15, 0.2) is 0 Å². The molecule has 0 N–H and O–H groups in total. The predicted octanol–water partition coefficient (Wildman–Crippen LogP) is 1.35. The van der Waals surface area contributed by atoms with E-state index in [2.05, 4.69) is 30.7 Å². The average molecular weight is 254 g/mol. The number of likely N-dealkylation sites (N-methyl/N-ethyl adjacent to an activating group) is 1. The first-order valence-corrected chi connectivity index (χ1v) is 6.92. The highest BCUT2D eigenvalue weighted by Gasteiger charge is 2.40. The normalized spacial score (nSPS) is 29.9. The molecule has 1 saturated carbocycles. The molecule has 4 nitrogen and oxygen atoms in total. The molecule has 0 radical (unpaired) electrons. The molecule has 2 fully saturated rings. The van der Waals surface area contributed by atoms with Gasteiger partial charge in [-0.15, -0.1) is 0 Å². The lowest BCUT2D eigenvalue weighted by Crippen LogP contribution is -2.44. The van der Waals surface area contributed by atoms with Crippen molar-refractivity contribution in [1.82, 2.24) is 9.80 Å². The molecule has 1 aliphatic heterocycles. The largest absolute Gasteiger partial charge is 0.469 e. The van der Waals surface area contributed by atoms with Gasteiger partial charge in [0.2, 0.25) is 0 Å². The van der Waals surface area contributed by atoms with E-state index in [4.69, 9.17) is 4.74 Å². The van der Waals surface area contributed by atoms with Crippen LogP contribution in [0, 0.1) is 5.41 Å². The molecule has 0 spiro atoms. The molecule has 0 amide bonds. The molecule has 1 heterocycles. The van der Waals surface area contributed by atoms with Crippen LogP contribution in [-0.4, -0.2) is 61.6 Å². The molecule has 1 saturated heterocycles. The number of carbonyl (C=O) groups is 1. The molecule has 2 rings (SSSR count). The fourth-order valence-corrected chi connectivity index (χ4v) is 3.22. The maximum absolute atomic E-state index is 11.6. The maximum Gasteiger partial charge on any atom is 0.307 e. The van der Waals surface area contributed by atoms with Crippen LogP contribution in [0.2, 0.25) is 0 Å². The predicted molar refractivity (Wildman–Crippen MR) is 71.4 cm³/mol. The number of carbonyl (C=O) groups excluding carboxylic acids is 1. The highest BCUT2D eigenvalue weighted by atomic mass is 16.5. The zero-order valence-corrected chi connectivity index (χ0v) is 12.1. The molecule has 2 aliphatic rings. The number of esters is 1. The van der Waals surface area contributed by atoms with E-state index in [1.165, 1.54) is 20.0 Å². The third-order valence-corrected chi connectivity index (χ3v) is 3.95. The van der Waals surface area contributed by atoms with E-state index in [1.54, 1.807) is 0 Å². The third-order valence-electron chi connectivity index (χ3n) is 3.95. The van der Waals surface area contributed by atoms with Crippen LogP contribution in [0.1, 0.15) is 33.1 Å². The Balaban J connectivity index is 2.10. The highest BCUT2D eigenvalue weighted by Crippen LogP contribution is 2.35. The monoisotopic (exact) mass is 254 g/mol. The second-order valence-corrected chi connectivity index (χ2v) is 6.70. The van der Waals surface area contributed by atoms with Crippen LogP contribution >= 0.6 is 0 Å². The number of methoxy groups -OCH3 is 1. The van der Waals surface area contributed by atoms with Gasteiger partial charge in [-0.25, -0.2) is 0 Å². The lowest BCUT2D eigenvalue weighted by molar-refractivity contribution is -0.142. The number of rotatable bonds is 3. The van der Waals surface area contributed by atoms with Gasteiger partial charge in [0.25, 0.3) is 0 Å². The van der Waals surface area contributed by atoms with E-state index < -0.39 is 0 Å². The van der Waals surface area contributed by atoms with Crippen LogP contribution in [-0.2, 0) is 9.53 Å². The summed E-state index contributed by atoms with van der Waals surface area (Å²) in [5.41, 5.74) is 0.294. The van der Waals surface area contributed by atoms with Crippen LogP contribution in [0.15, 0.2) is 0 Å². The summed E-state index contributed by atoms with van der Waals surface area (Å²) >= 11 is 0. The van der Waals surface area contributed by atoms with Gasteiger partial charge in [0.05, 0.1) is 13.5 Å². The Kier molecular flexibility index (Phi) is 3.97. The molecule has 18 heavy (non-hydrogen) atoms. The zero-order valence-electron chi connectivity index (χ0n) is 12.1. The van der Waals surface area contributed by atoms with Gasteiger partial charge in [-0.3, -0.25) is 9.69 Å². The van der Waals surface area contributed by atoms with E-state index in [0.717, 1.165) is 19.6 Å². The quantitative estimate of drug-likeness (QED) is 0.712. The van der Waals surface area contributed by atoms with E-state index in [0.29, 0.717) is 23.9 Å². The van der Waals surface area contributed by atoms with Crippen molar-refractivity contribution in [3.63, 3.8) is 0 Å². The minimum Gasteiger partial charge on any atom is -0.469 e. The summed E-state index contributed by atoms with van der Waals surface area (Å²) in [5, 5.41) is 0. The van der Waals surface area contributed by atoms with E-state index >= 15 is 0 Å². The summed E-state index contributed by atoms with van der Waals surface area (Å²) in [6.07, 6.45) is 3.10. The van der Waals surface area contributed by atoms with Gasteiger partial charge in [-0.2, -0.15) is 0 Å². The molecular formula is C14H26N2O2.